The number of carbonyl (C=O) groups is 1. The largest absolute Gasteiger partial charge is 0.497 e. The van der Waals surface area contributed by atoms with Gasteiger partial charge in [-0.3, -0.25) is 14.5 Å². The van der Waals surface area contributed by atoms with Crippen LogP contribution in [0.1, 0.15) is 10.5 Å². The molecular weight excluding hydrogens is 358 g/mol. The van der Waals surface area contributed by atoms with Crippen molar-refractivity contribution in [1.82, 2.24) is 14.8 Å². The molecule has 0 spiro atoms. The summed E-state index contributed by atoms with van der Waals surface area (Å²) in [6.07, 6.45) is 1.70. The van der Waals surface area contributed by atoms with Crippen molar-refractivity contribution in [3.63, 3.8) is 0 Å². The third kappa shape index (κ3) is 3.07. The summed E-state index contributed by atoms with van der Waals surface area (Å²) < 4.78 is 40.8. The molecule has 0 saturated heterocycles. The highest BCUT2D eigenvalue weighted by Gasteiger charge is 2.29. The van der Waals surface area contributed by atoms with Crippen molar-refractivity contribution in [2.45, 2.75) is 0 Å². The third-order valence-corrected chi connectivity index (χ3v) is 4.05. The number of carbonyl (C=O) groups excluding carboxylic acids is 1. The fourth-order valence-corrected chi connectivity index (χ4v) is 2.89. The number of amides is 1. The van der Waals surface area contributed by atoms with Crippen LogP contribution in [-0.2, 0) is 7.05 Å². The van der Waals surface area contributed by atoms with Crippen LogP contribution >= 0.6 is 0 Å². The second-order valence-electron chi connectivity index (χ2n) is 5.60. The number of primary amides is 1. The number of hydrogen-bond donors (Lipinski definition) is 1. The van der Waals surface area contributed by atoms with E-state index in [1.54, 1.807) is 18.2 Å². The molecule has 9 heteroatoms. The number of rotatable bonds is 5. The molecule has 2 N–H and O–H groups in total. The van der Waals surface area contributed by atoms with E-state index in [1.807, 2.05) is 0 Å². The Kier molecular flexibility index (Phi) is 4.76. The van der Waals surface area contributed by atoms with Gasteiger partial charge in [-0.15, -0.1) is 0 Å². The minimum Gasteiger partial charge on any atom is -0.497 e. The summed E-state index contributed by atoms with van der Waals surface area (Å²) in [5.41, 5.74) is 5.25. The molecule has 0 bridgehead atoms. The van der Waals surface area contributed by atoms with Gasteiger partial charge in [0, 0.05) is 18.2 Å². The molecule has 0 aliphatic carbocycles. The molecule has 2 aromatic heterocycles. The van der Waals surface area contributed by atoms with Crippen molar-refractivity contribution in [3.05, 3.63) is 47.9 Å². The average Bonchev–Trinajstić information content (AvgIpc) is 2.98. The number of pyridine rings is 1. The van der Waals surface area contributed by atoms with Crippen molar-refractivity contribution in [3.8, 4) is 33.9 Å². The summed E-state index contributed by atoms with van der Waals surface area (Å²) in [6, 6.07) is 4.91. The molecule has 2 heterocycles. The summed E-state index contributed by atoms with van der Waals surface area (Å²) in [6.45, 7) is 0. The Labute approximate surface area is 153 Å². The van der Waals surface area contributed by atoms with Crippen LogP contribution in [-0.4, -0.2) is 34.9 Å². The maximum Gasteiger partial charge on any atom is 0.269 e. The van der Waals surface area contributed by atoms with E-state index in [0.717, 1.165) is 12.4 Å². The van der Waals surface area contributed by atoms with Gasteiger partial charge >= 0.3 is 0 Å². The van der Waals surface area contributed by atoms with E-state index >= 15 is 0 Å². The lowest BCUT2D eigenvalue weighted by molar-refractivity contribution is 0.0995. The van der Waals surface area contributed by atoms with E-state index in [4.69, 9.17) is 15.2 Å². The van der Waals surface area contributed by atoms with Crippen molar-refractivity contribution >= 4 is 5.91 Å². The lowest BCUT2D eigenvalue weighted by atomic mass is 9.97. The zero-order valence-electron chi connectivity index (χ0n) is 14.8. The first-order valence-corrected chi connectivity index (χ1v) is 7.77. The van der Waals surface area contributed by atoms with Crippen LogP contribution in [0, 0.1) is 11.6 Å². The Bertz CT molecular complexity index is 1010. The lowest BCUT2D eigenvalue weighted by Gasteiger charge is -2.13. The van der Waals surface area contributed by atoms with Gasteiger partial charge in [-0.1, -0.05) is 0 Å². The topological polar surface area (TPSA) is 92.3 Å². The smallest absolute Gasteiger partial charge is 0.269 e. The first kappa shape index (κ1) is 18.3. The van der Waals surface area contributed by atoms with Crippen molar-refractivity contribution in [2.75, 3.05) is 14.2 Å². The molecule has 3 rings (SSSR count). The summed E-state index contributed by atoms with van der Waals surface area (Å²) in [4.78, 5) is 15.4. The van der Waals surface area contributed by atoms with Gasteiger partial charge in [-0.2, -0.15) is 5.10 Å². The maximum atomic E-state index is 14.5. The number of ether oxygens (including phenoxy) is 2. The van der Waals surface area contributed by atoms with Gasteiger partial charge in [-0.25, -0.2) is 8.78 Å². The predicted molar refractivity (Wildman–Crippen MR) is 93.4 cm³/mol. The number of hydrogen-bond acceptors (Lipinski definition) is 5. The van der Waals surface area contributed by atoms with Crippen LogP contribution in [0.5, 0.6) is 11.5 Å². The second kappa shape index (κ2) is 7.02. The van der Waals surface area contributed by atoms with Gasteiger partial charge in [0.05, 0.1) is 37.9 Å². The molecule has 0 fully saturated rings. The van der Waals surface area contributed by atoms with Gasteiger partial charge in [0.15, 0.2) is 17.3 Å². The summed E-state index contributed by atoms with van der Waals surface area (Å²) >= 11 is 0. The number of halogens is 2. The number of nitrogens with two attached hydrogens (primary N) is 1. The summed E-state index contributed by atoms with van der Waals surface area (Å²) in [5, 5.41) is 4.07. The Morgan fingerprint density at radius 1 is 1.11 bits per heavy atom. The lowest BCUT2D eigenvalue weighted by Crippen LogP contribution is -2.13. The highest BCUT2D eigenvalue weighted by Crippen LogP contribution is 2.42. The first-order chi connectivity index (χ1) is 12.9. The van der Waals surface area contributed by atoms with E-state index in [9.17, 15) is 13.6 Å². The Morgan fingerprint density at radius 2 is 1.78 bits per heavy atom. The van der Waals surface area contributed by atoms with Gasteiger partial charge < -0.3 is 15.2 Å². The molecule has 1 amide bonds. The van der Waals surface area contributed by atoms with Crippen LogP contribution in [0.15, 0.2) is 30.6 Å². The highest BCUT2D eigenvalue weighted by molar-refractivity contribution is 6.02. The molecule has 0 radical (unpaired) electrons. The number of aryl methyl sites for hydroxylation is 1. The van der Waals surface area contributed by atoms with Crippen molar-refractivity contribution in [2.24, 2.45) is 12.8 Å². The van der Waals surface area contributed by atoms with Crippen LogP contribution in [0.2, 0.25) is 0 Å². The monoisotopic (exact) mass is 374 g/mol. The normalized spacial score (nSPS) is 10.7. The van der Waals surface area contributed by atoms with Gasteiger partial charge in [0.1, 0.15) is 11.5 Å². The number of methoxy groups -OCH3 is 2. The van der Waals surface area contributed by atoms with E-state index in [-0.39, 0.29) is 17.0 Å². The summed E-state index contributed by atoms with van der Waals surface area (Å²) in [7, 11) is 4.46. The molecule has 1 aromatic carbocycles. The molecule has 0 aliphatic rings. The van der Waals surface area contributed by atoms with E-state index in [1.165, 1.54) is 25.9 Å². The van der Waals surface area contributed by atoms with Crippen molar-refractivity contribution < 1.29 is 23.0 Å². The minimum atomic E-state index is -0.950. The highest BCUT2D eigenvalue weighted by atomic mass is 19.1. The standard InChI is InChI=1S/C18H16F2N4O3/c1-24-17(10-6-9(26-2)4-5-13(10)27-3)15(16(23-24)18(21)25)14-11(19)7-22-8-12(14)20/h4-8H,1-3H3,(H2,21,25). The molecule has 27 heavy (non-hydrogen) atoms. The van der Waals surface area contributed by atoms with E-state index in [2.05, 4.69) is 10.1 Å². The SMILES string of the molecule is COc1ccc(OC)c(-c2c(-c3c(F)cncc3F)c(C(N)=O)nn2C)c1. The predicted octanol–water partition coefficient (Wildman–Crippen LogP) is 2.54. The Balaban J connectivity index is 2.44. The number of benzene rings is 1. The van der Waals surface area contributed by atoms with Crippen molar-refractivity contribution in [1.29, 1.82) is 0 Å². The minimum absolute atomic E-state index is 0.0889. The van der Waals surface area contributed by atoms with E-state index in [0.29, 0.717) is 17.1 Å². The molecule has 7 nitrogen and oxygen atoms in total. The second-order valence-corrected chi connectivity index (χ2v) is 5.60. The Hall–Kier alpha value is -3.49. The molecule has 0 unspecified atom stereocenters. The molecule has 140 valence electrons. The number of nitrogens with zero attached hydrogens (tertiary/aromatic N) is 3. The maximum absolute atomic E-state index is 14.5. The zero-order chi connectivity index (χ0) is 19.7. The van der Waals surface area contributed by atoms with E-state index < -0.39 is 23.1 Å². The zero-order valence-corrected chi connectivity index (χ0v) is 14.8. The molecule has 3 aromatic rings. The fraction of sp³-hybridized carbons (Fsp3) is 0.167. The molecule has 0 saturated carbocycles. The first-order valence-electron chi connectivity index (χ1n) is 7.77. The summed E-state index contributed by atoms with van der Waals surface area (Å²) in [5.74, 6) is -1.95. The molecular formula is C18H16F2N4O3. The van der Waals surface area contributed by atoms with Gasteiger partial charge in [-0.05, 0) is 18.2 Å². The number of aromatic nitrogens is 3. The fourth-order valence-electron chi connectivity index (χ4n) is 2.89. The Morgan fingerprint density at radius 3 is 2.33 bits per heavy atom. The van der Waals surface area contributed by atoms with Gasteiger partial charge in [0.2, 0.25) is 0 Å². The molecule has 0 atom stereocenters. The average molecular weight is 374 g/mol. The van der Waals surface area contributed by atoms with Crippen LogP contribution < -0.4 is 15.2 Å². The van der Waals surface area contributed by atoms with Gasteiger partial charge in [0.25, 0.3) is 5.91 Å². The third-order valence-electron chi connectivity index (χ3n) is 4.05. The quantitative estimate of drug-likeness (QED) is 0.741. The van der Waals surface area contributed by atoms with Crippen LogP contribution in [0.3, 0.4) is 0 Å². The van der Waals surface area contributed by atoms with Crippen LogP contribution in [0.25, 0.3) is 22.4 Å². The van der Waals surface area contributed by atoms with Crippen LogP contribution in [0.4, 0.5) is 8.78 Å². The molecule has 0 aliphatic heterocycles.